The van der Waals surface area contributed by atoms with E-state index in [2.05, 4.69) is 4.72 Å². The summed E-state index contributed by atoms with van der Waals surface area (Å²) in [6.07, 6.45) is 0. The Morgan fingerprint density at radius 2 is 1.60 bits per heavy atom. The molecule has 0 radical (unpaired) electrons. The number of benzene rings is 1. The largest absolute Gasteiger partial charge is 0.327 e. The molecule has 3 N–H and O–H groups in total. The summed E-state index contributed by atoms with van der Waals surface area (Å²) in [4.78, 5) is 0.340. The first kappa shape index (κ1) is 15.5. The Hall–Kier alpha value is -0.910. The van der Waals surface area contributed by atoms with Crippen molar-refractivity contribution in [1.82, 2.24) is 4.72 Å². The molecule has 20 heavy (non-hydrogen) atoms. The first-order chi connectivity index (χ1) is 9.01. The van der Waals surface area contributed by atoms with E-state index < -0.39 is 10.0 Å². The van der Waals surface area contributed by atoms with Gasteiger partial charge in [0.1, 0.15) is 0 Å². The summed E-state index contributed by atoms with van der Waals surface area (Å²) >= 11 is 0. The van der Waals surface area contributed by atoms with Crippen molar-refractivity contribution < 1.29 is 8.42 Å². The summed E-state index contributed by atoms with van der Waals surface area (Å²) in [6.45, 7) is 9.83. The van der Waals surface area contributed by atoms with E-state index in [-0.39, 0.29) is 22.9 Å². The van der Waals surface area contributed by atoms with Crippen molar-refractivity contribution in [1.29, 1.82) is 0 Å². The van der Waals surface area contributed by atoms with Gasteiger partial charge in [-0.3, -0.25) is 0 Å². The van der Waals surface area contributed by atoms with Crippen molar-refractivity contribution in [3.8, 4) is 0 Å². The van der Waals surface area contributed by atoms with Crippen molar-refractivity contribution >= 4 is 10.0 Å². The van der Waals surface area contributed by atoms with E-state index >= 15 is 0 Å². The molecule has 0 aromatic heterocycles. The molecular weight excluding hydrogens is 272 g/mol. The van der Waals surface area contributed by atoms with Gasteiger partial charge in [-0.15, -0.1) is 0 Å². The Labute approximate surface area is 121 Å². The lowest BCUT2D eigenvalue weighted by Gasteiger charge is -2.62. The highest BCUT2D eigenvalue weighted by Crippen LogP contribution is 2.52. The van der Waals surface area contributed by atoms with Gasteiger partial charge >= 0.3 is 0 Å². The van der Waals surface area contributed by atoms with Crippen molar-refractivity contribution in [2.24, 2.45) is 16.6 Å². The second kappa shape index (κ2) is 4.55. The number of sulfonamides is 1. The molecule has 4 nitrogen and oxygen atoms in total. The average Bonchev–Trinajstić information content (AvgIpc) is 2.35. The van der Waals surface area contributed by atoms with Gasteiger partial charge in [0.15, 0.2) is 0 Å². The molecule has 0 saturated heterocycles. The van der Waals surface area contributed by atoms with E-state index in [9.17, 15) is 8.42 Å². The van der Waals surface area contributed by atoms with E-state index in [0.717, 1.165) is 5.56 Å². The smallest absolute Gasteiger partial charge is 0.241 e. The quantitative estimate of drug-likeness (QED) is 0.896. The van der Waals surface area contributed by atoms with Crippen LogP contribution in [-0.4, -0.2) is 20.5 Å². The highest BCUT2D eigenvalue weighted by atomic mass is 32.2. The van der Waals surface area contributed by atoms with Crippen LogP contribution in [0.4, 0.5) is 0 Å². The fraction of sp³-hybridized carbons (Fsp3) is 0.600. The Kier molecular flexibility index (Phi) is 3.52. The maximum atomic E-state index is 12.6. The first-order valence-corrected chi connectivity index (χ1v) is 8.33. The van der Waals surface area contributed by atoms with Gasteiger partial charge in [0.2, 0.25) is 10.0 Å². The molecule has 112 valence electrons. The van der Waals surface area contributed by atoms with Crippen molar-refractivity contribution in [3.05, 3.63) is 29.8 Å². The number of hydrogen-bond donors (Lipinski definition) is 2. The van der Waals surface area contributed by atoms with Gasteiger partial charge in [0.05, 0.1) is 4.90 Å². The molecule has 1 fully saturated rings. The third kappa shape index (κ3) is 2.18. The number of nitrogens with two attached hydrogens (primary N) is 1. The number of rotatable bonds is 3. The van der Waals surface area contributed by atoms with Crippen LogP contribution in [0.15, 0.2) is 29.2 Å². The molecule has 2 rings (SSSR count). The average molecular weight is 296 g/mol. The number of aryl methyl sites for hydroxylation is 1. The lowest BCUT2D eigenvalue weighted by atomic mass is 9.49. The fourth-order valence-electron chi connectivity index (χ4n) is 3.56. The molecule has 1 aliphatic rings. The van der Waals surface area contributed by atoms with Gasteiger partial charge in [-0.25, -0.2) is 13.1 Å². The molecular formula is C15H24N2O2S. The van der Waals surface area contributed by atoms with Crippen LogP contribution in [-0.2, 0) is 10.0 Å². The van der Waals surface area contributed by atoms with Gasteiger partial charge in [-0.1, -0.05) is 45.9 Å². The molecule has 0 unspecified atom stereocenters. The molecule has 0 spiro atoms. The Morgan fingerprint density at radius 3 is 2.10 bits per heavy atom. The van der Waals surface area contributed by atoms with Crippen LogP contribution >= 0.6 is 0 Å². The van der Waals surface area contributed by atoms with Crippen LogP contribution in [0, 0.1) is 17.8 Å². The van der Waals surface area contributed by atoms with E-state index in [1.807, 2.05) is 33.8 Å². The first-order valence-electron chi connectivity index (χ1n) is 6.85. The summed E-state index contributed by atoms with van der Waals surface area (Å²) in [5.41, 5.74) is 6.42. The maximum absolute atomic E-state index is 12.6. The molecule has 5 heteroatoms. The number of hydrogen-bond acceptors (Lipinski definition) is 3. The lowest BCUT2D eigenvalue weighted by Crippen LogP contribution is -2.75. The third-order valence-corrected chi connectivity index (χ3v) is 6.33. The van der Waals surface area contributed by atoms with Crippen molar-refractivity contribution in [2.45, 2.75) is 51.6 Å². The number of nitrogens with one attached hydrogen (secondary N) is 1. The van der Waals surface area contributed by atoms with Gasteiger partial charge in [0.25, 0.3) is 0 Å². The zero-order chi connectivity index (χ0) is 15.3. The second-order valence-electron chi connectivity index (χ2n) is 6.94. The summed E-state index contributed by atoms with van der Waals surface area (Å²) in [6, 6.07) is 6.81. The Balaban J connectivity index is 2.33. The molecule has 1 saturated carbocycles. The van der Waals surface area contributed by atoms with Crippen molar-refractivity contribution in [2.75, 3.05) is 0 Å². The minimum absolute atomic E-state index is 0.0282. The van der Waals surface area contributed by atoms with Gasteiger partial charge in [0, 0.05) is 12.1 Å². The second-order valence-corrected chi connectivity index (χ2v) is 8.62. The van der Waals surface area contributed by atoms with Crippen LogP contribution < -0.4 is 10.5 Å². The zero-order valence-electron chi connectivity index (χ0n) is 12.8. The van der Waals surface area contributed by atoms with Crippen LogP contribution in [0.1, 0.15) is 33.3 Å². The Bertz CT molecular complexity index is 605. The predicted molar refractivity (Wildman–Crippen MR) is 80.8 cm³/mol. The van der Waals surface area contributed by atoms with E-state index in [0.29, 0.717) is 4.90 Å². The van der Waals surface area contributed by atoms with Gasteiger partial charge in [-0.2, -0.15) is 0 Å². The SMILES string of the molecule is Cc1ccccc1S(=O)(=O)NC1C(C)(C)C(N)C1(C)C. The fourth-order valence-corrected chi connectivity index (χ4v) is 5.36. The molecule has 0 amide bonds. The molecule has 0 atom stereocenters. The monoisotopic (exact) mass is 296 g/mol. The normalized spacial score (nSPS) is 27.9. The standard InChI is InChI=1S/C15H24N2O2S/c1-10-8-6-7-9-11(10)20(18,19)17-13-14(2,3)12(16)15(13,4)5/h6-9,12-13,17H,16H2,1-5H3. The lowest BCUT2D eigenvalue weighted by molar-refractivity contribution is -0.0593. The molecule has 0 aliphatic heterocycles. The Morgan fingerprint density at radius 1 is 1.10 bits per heavy atom. The van der Waals surface area contributed by atoms with Crippen LogP contribution in [0.5, 0.6) is 0 Å². The van der Waals surface area contributed by atoms with Crippen LogP contribution in [0.2, 0.25) is 0 Å². The van der Waals surface area contributed by atoms with E-state index in [1.165, 1.54) is 0 Å². The summed E-state index contributed by atoms with van der Waals surface area (Å²) in [5.74, 6) is 0. The van der Waals surface area contributed by atoms with E-state index in [4.69, 9.17) is 5.73 Å². The minimum atomic E-state index is -3.52. The van der Waals surface area contributed by atoms with Crippen LogP contribution in [0.3, 0.4) is 0 Å². The molecule has 1 aliphatic carbocycles. The zero-order valence-corrected chi connectivity index (χ0v) is 13.6. The topological polar surface area (TPSA) is 72.2 Å². The third-order valence-electron chi connectivity index (χ3n) is 4.75. The highest BCUT2D eigenvalue weighted by molar-refractivity contribution is 7.89. The molecule has 0 heterocycles. The van der Waals surface area contributed by atoms with Crippen LogP contribution in [0.25, 0.3) is 0 Å². The summed E-state index contributed by atoms with van der Waals surface area (Å²) < 4.78 is 28.0. The van der Waals surface area contributed by atoms with Crippen molar-refractivity contribution in [3.63, 3.8) is 0 Å². The maximum Gasteiger partial charge on any atom is 0.241 e. The minimum Gasteiger partial charge on any atom is -0.327 e. The predicted octanol–water partition coefficient (Wildman–Crippen LogP) is 2.04. The summed E-state index contributed by atoms with van der Waals surface area (Å²) in [7, 11) is -3.52. The summed E-state index contributed by atoms with van der Waals surface area (Å²) in [5, 5.41) is 0. The molecule has 0 bridgehead atoms. The van der Waals surface area contributed by atoms with Gasteiger partial charge in [-0.05, 0) is 29.4 Å². The van der Waals surface area contributed by atoms with Gasteiger partial charge < -0.3 is 5.73 Å². The highest BCUT2D eigenvalue weighted by Gasteiger charge is 2.61. The van der Waals surface area contributed by atoms with E-state index in [1.54, 1.807) is 25.1 Å². The molecule has 1 aromatic carbocycles. The molecule has 1 aromatic rings.